The molecule has 154 valence electrons. The number of carbonyl (C=O) groups excluding carboxylic acids is 1. The van der Waals surface area contributed by atoms with Crippen LogP contribution in [0.15, 0.2) is 65.1 Å². The van der Waals surface area contributed by atoms with Crippen molar-refractivity contribution in [2.45, 2.75) is 37.0 Å². The Hall–Kier alpha value is -2.31. The van der Waals surface area contributed by atoms with Gasteiger partial charge in [-0.2, -0.15) is 0 Å². The Morgan fingerprint density at radius 1 is 1.14 bits per heavy atom. The van der Waals surface area contributed by atoms with Gasteiger partial charge < -0.3 is 5.32 Å². The molecule has 0 fully saturated rings. The predicted octanol–water partition coefficient (Wildman–Crippen LogP) is 4.79. The van der Waals surface area contributed by atoms with Crippen LogP contribution >= 0.6 is 11.6 Å². The summed E-state index contributed by atoms with van der Waals surface area (Å²) in [5.74, 6) is -0.307. The van der Waals surface area contributed by atoms with Crippen molar-refractivity contribution in [1.29, 1.82) is 0 Å². The molecule has 1 N–H and O–H groups in total. The van der Waals surface area contributed by atoms with E-state index in [9.17, 15) is 13.2 Å². The smallest absolute Gasteiger partial charge is 0.264 e. The van der Waals surface area contributed by atoms with E-state index in [4.69, 9.17) is 11.6 Å². The molecule has 1 aliphatic rings. The van der Waals surface area contributed by atoms with Gasteiger partial charge in [0.15, 0.2) is 0 Å². The molecule has 2 aromatic carbocycles. The van der Waals surface area contributed by atoms with Crippen molar-refractivity contribution in [2.75, 3.05) is 17.9 Å². The van der Waals surface area contributed by atoms with Crippen molar-refractivity contribution >= 4 is 33.2 Å². The zero-order valence-corrected chi connectivity index (χ0v) is 18.0. The van der Waals surface area contributed by atoms with E-state index in [1.54, 1.807) is 30.3 Å². The predicted molar refractivity (Wildman–Crippen MR) is 117 cm³/mol. The van der Waals surface area contributed by atoms with Gasteiger partial charge in [0.2, 0.25) is 0 Å². The molecule has 2 aromatic rings. The van der Waals surface area contributed by atoms with E-state index in [0.29, 0.717) is 12.2 Å². The van der Waals surface area contributed by atoms with E-state index in [1.807, 2.05) is 0 Å². The molecule has 3 rings (SSSR count). The van der Waals surface area contributed by atoms with Crippen LogP contribution in [-0.2, 0) is 10.0 Å². The van der Waals surface area contributed by atoms with Crippen molar-refractivity contribution in [3.63, 3.8) is 0 Å². The van der Waals surface area contributed by atoms with Crippen LogP contribution in [0.5, 0.6) is 0 Å². The molecular formula is C22H25ClN2O3S. The third kappa shape index (κ3) is 5.19. The van der Waals surface area contributed by atoms with Crippen molar-refractivity contribution in [1.82, 2.24) is 5.32 Å². The fraction of sp³-hybridized carbons (Fsp3) is 0.318. The summed E-state index contributed by atoms with van der Waals surface area (Å²) < 4.78 is 26.8. The van der Waals surface area contributed by atoms with Gasteiger partial charge in [-0.25, -0.2) is 8.42 Å². The average molecular weight is 433 g/mol. The van der Waals surface area contributed by atoms with Crippen molar-refractivity contribution < 1.29 is 13.2 Å². The molecule has 1 aliphatic carbocycles. The molecule has 29 heavy (non-hydrogen) atoms. The maximum atomic E-state index is 12.8. The van der Waals surface area contributed by atoms with Crippen LogP contribution in [0.4, 0.5) is 5.69 Å². The summed E-state index contributed by atoms with van der Waals surface area (Å²) in [5, 5.41) is 3.18. The third-order valence-electron chi connectivity index (χ3n) is 5.08. The number of sulfonamides is 1. The number of nitrogens with zero attached hydrogens (tertiary/aromatic N) is 1. The molecule has 7 heteroatoms. The Bertz CT molecular complexity index is 1000. The van der Waals surface area contributed by atoms with Gasteiger partial charge >= 0.3 is 0 Å². The molecule has 1 amide bonds. The molecule has 0 spiro atoms. The number of anilines is 1. The monoisotopic (exact) mass is 432 g/mol. The first-order valence-corrected chi connectivity index (χ1v) is 11.5. The van der Waals surface area contributed by atoms with E-state index in [0.717, 1.165) is 23.6 Å². The quantitative estimate of drug-likeness (QED) is 0.640. The Labute approximate surface area is 177 Å². The highest BCUT2D eigenvalue weighted by Gasteiger charge is 2.22. The summed E-state index contributed by atoms with van der Waals surface area (Å²) >= 11 is 6.21. The van der Waals surface area contributed by atoms with Gasteiger partial charge in [-0.1, -0.05) is 41.4 Å². The lowest BCUT2D eigenvalue weighted by Gasteiger charge is -2.20. The largest absolute Gasteiger partial charge is 0.352 e. The summed E-state index contributed by atoms with van der Waals surface area (Å²) in [6.45, 7) is 0.531. The van der Waals surface area contributed by atoms with Gasteiger partial charge in [-0.15, -0.1) is 0 Å². The normalized spacial score (nSPS) is 14.2. The Kier molecular flexibility index (Phi) is 6.98. The van der Waals surface area contributed by atoms with Crippen LogP contribution in [-0.4, -0.2) is 27.9 Å². The van der Waals surface area contributed by atoms with Gasteiger partial charge in [-0.05, 0) is 62.4 Å². The summed E-state index contributed by atoms with van der Waals surface area (Å²) in [6.07, 6.45) is 7.72. The number of carbonyl (C=O) groups is 1. The molecule has 0 saturated heterocycles. The van der Waals surface area contributed by atoms with Crippen LogP contribution < -0.4 is 9.62 Å². The molecule has 0 heterocycles. The van der Waals surface area contributed by atoms with E-state index in [-0.39, 0.29) is 21.4 Å². The topological polar surface area (TPSA) is 66.5 Å². The summed E-state index contributed by atoms with van der Waals surface area (Å²) in [5.41, 5.74) is 2.01. The summed E-state index contributed by atoms with van der Waals surface area (Å²) in [7, 11) is -2.27. The van der Waals surface area contributed by atoms with Crippen LogP contribution in [0.2, 0.25) is 5.02 Å². The van der Waals surface area contributed by atoms with Crippen molar-refractivity contribution in [2.24, 2.45) is 0 Å². The summed E-state index contributed by atoms with van der Waals surface area (Å²) in [4.78, 5) is 12.8. The molecule has 5 nitrogen and oxygen atoms in total. The number of nitrogens with one attached hydrogen (secondary N) is 1. The Morgan fingerprint density at radius 3 is 2.59 bits per heavy atom. The molecule has 0 unspecified atom stereocenters. The molecule has 0 aromatic heterocycles. The first-order valence-electron chi connectivity index (χ1n) is 9.69. The van der Waals surface area contributed by atoms with Crippen LogP contribution in [0.1, 0.15) is 42.5 Å². The minimum Gasteiger partial charge on any atom is -0.352 e. The lowest BCUT2D eigenvalue weighted by molar-refractivity contribution is 0.0954. The minimum absolute atomic E-state index is 0.184. The minimum atomic E-state index is -3.73. The van der Waals surface area contributed by atoms with Crippen LogP contribution in [0.3, 0.4) is 0 Å². The van der Waals surface area contributed by atoms with Gasteiger partial charge in [0.1, 0.15) is 0 Å². The molecular weight excluding hydrogens is 408 g/mol. The first-order chi connectivity index (χ1) is 13.9. The highest BCUT2D eigenvalue weighted by Crippen LogP contribution is 2.27. The molecule has 0 aliphatic heterocycles. The van der Waals surface area contributed by atoms with Gasteiger partial charge in [0, 0.05) is 13.6 Å². The molecule has 0 saturated carbocycles. The first kappa shape index (κ1) is 21.4. The lowest BCUT2D eigenvalue weighted by Crippen LogP contribution is -2.28. The van der Waals surface area contributed by atoms with Crippen LogP contribution in [0.25, 0.3) is 0 Å². The number of hydrogen-bond acceptors (Lipinski definition) is 3. The third-order valence-corrected chi connectivity index (χ3v) is 7.21. The van der Waals surface area contributed by atoms with E-state index in [2.05, 4.69) is 11.4 Å². The second kappa shape index (κ2) is 9.46. The van der Waals surface area contributed by atoms with Gasteiger partial charge in [0.25, 0.3) is 15.9 Å². The van der Waals surface area contributed by atoms with Gasteiger partial charge in [-0.3, -0.25) is 9.10 Å². The number of rotatable bonds is 7. The van der Waals surface area contributed by atoms with Gasteiger partial charge in [0.05, 0.1) is 21.2 Å². The number of benzene rings is 2. The lowest BCUT2D eigenvalue weighted by atomic mass is 9.97. The fourth-order valence-electron chi connectivity index (χ4n) is 3.34. The highest BCUT2D eigenvalue weighted by molar-refractivity contribution is 7.92. The number of halogens is 1. The maximum absolute atomic E-state index is 12.8. The number of hydrogen-bond donors (Lipinski definition) is 1. The zero-order valence-electron chi connectivity index (χ0n) is 16.4. The second-order valence-electron chi connectivity index (χ2n) is 7.06. The number of allylic oxidation sites excluding steroid dienone is 1. The van der Waals surface area contributed by atoms with E-state index < -0.39 is 10.0 Å². The molecule has 0 bridgehead atoms. The Morgan fingerprint density at radius 2 is 1.90 bits per heavy atom. The van der Waals surface area contributed by atoms with Crippen molar-refractivity contribution in [3.05, 3.63) is 70.8 Å². The van der Waals surface area contributed by atoms with E-state index >= 15 is 0 Å². The molecule has 0 atom stereocenters. The highest BCUT2D eigenvalue weighted by atomic mass is 35.5. The summed E-state index contributed by atoms with van der Waals surface area (Å²) in [6, 6.07) is 12.8. The fourth-order valence-corrected chi connectivity index (χ4v) is 4.75. The van der Waals surface area contributed by atoms with Crippen molar-refractivity contribution in [3.8, 4) is 0 Å². The number of amides is 1. The Balaban J connectivity index is 1.73. The standard InChI is InChI=1S/C22H25ClN2O3S/c1-25(29(27,28)19-10-6-3-7-11-19)18-12-13-21(23)20(16-18)22(26)24-15-14-17-8-4-2-5-9-17/h3,6-8,10-13,16H,2,4-5,9,14-15H2,1H3,(H,24,26). The van der Waals surface area contributed by atoms with Crippen LogP contribution in [0, 0.1) is 0 Å². The SMILES string of the molecule is CN(c1ccc(Cl)c(C(=O)NCCC2=CCCCC2)c1)S(=O)(=O)c1ccccc1. The van der Waals surface area contributed by atoms with E-state index in [1.165, 1.54) is 43.7 Å². The second-order valence-corrected chi connectivity index (χ2v) is 9.44. The maximum Gasteiger partial charge on any atom is 0.264 e. The molecule has 0 radical (unpaired) electrons. The average Bonchev–Trinajstić information content (AvgIpc) is 2.75. The zero-order chi connectivity index (χ0) is 20.9.